The molecule has 3 saturated carbocycles. The van der Waals surface area contributed by atoms with Crippen molar-refractivity contribution >= 4 is 35.3 Å². The predicted octanol–water partition coefficient (Wildman–Crippen LogP) is 4.47. The van der Waals surface area contributed by atoms with Gasteiger partial charge in [0.15, 0.2) is 29.1 Å². The van der Waals surface area contributed by atoms with Gasteiger partial charge in [-0.3, -0.25) is 14.4 Å². The number of amides is 4. The summed E-state index contributed by atoms with van der Waals surface area (Å²) in [5, 5.41) is 19.5. The molecule has 1 aromatic rings. The summed E-state index contributed by atoms with van der Waals surface area (Å²) in [6, 6.07) is 6.07. The van der Waals surface area contributed by atoms with E-state index in [1.54, 1.807) is 31.2 Å². The third-order valence-electron chi connectivity index (χ3n) is 12.5. The molecule has 0 spiro atoms. The van der Waals surface area contributed by atoms with Gasteiger partial charge in [0, 0.05) is 35.4 Å². The number of alkyl carbamates (subject to hydrolysis) is 1. The largest absolute Gasteiger partial charge is 0.445 e. The van der Waals surface area contributed by atoms with E-state index in [0.29, 0.717) is 43.5 Å². The standard InChI is InChI=1S/C39H50F2N4O9/c1-4-7-33-53-31-18-25-26-17-28(40)27-16-24(46)13-14-36(27,2)38(26,41)29(47)19-37(25,3)39(31,54-33)30(48)20-44-35(51)52-21-22-9-11-23(12-10-22)45-32(49)8-5-6-15-43-34(42)50/h9-14,16,25-26,28-29,31,33,47H,4-8,15,17-21H2,1-3H3,(H,44,51)(H,45,49)(H3,42,43,50)/t25?,26?,28-,29-,31+,33+,36-,37-,38-,39+/m0/s1. The highest BCUT2D eigenvalue weighted by Gasteiger charge is 2.80. The summed E-state index contributed by atoms with van der Waals surface area (Å²) >= 11 is 0. The number of carbonyl (C=O) groups excluding carboxylic acids is 5. The number of benzene rings is 1. The minimum absolute atomic E-state index is 0.0148. The van der Waals surface area contributed by atoms with Crippen LogP contribution in [-0.4, -0.2) is 83.7 Å². The van der Waals surface area contributed by atoms with E-state index in [0.717, 1.165) is 6.08 Å². The average molecular weight is 757 g/mol. The lowest BCUT2D eigenvalue weighted by Gasteiger charge is -2.63. The van der Waals surface area contributed by atoms with Crippen LogP contribution < -0.4 is 21.7 Å². The molecule has 1 aliphatic heterocycles. The molecule has 15 heteroatoms. The van der Waals surface area contributed by atoms with Crippen LogP contribution in [0.5, 0.6) is 0 Å². The Morgan fingerprint density at radius 2 is 1.81 bits per heavy atom. The fraction of sp³-hybridized carbons (Fsp3) is 0.615. The van der Waals surface area contributed by atoms with Crippen molar-refractivity contribution in [2.75, 3.05) is 18.4 Å². The molecule has 0 radical (unpaired) electrons. The van der Waals surface area contributed by atoms with E-state index >= 15 is 8.78 Å². The van der Waals surface area contributed by atoms with Crippen molar-refractivity contribution in [3.8, 4) is 0 Å². The van der Waals surface area contributed by atoms with Crippen molar-refractivity contribution in [3.05, 3.63) is 53.6 Å². The Balaban J connectivity index is 1.10. The molecule has 4 aliphatic carbocycles. The van der Waals surface area contributed by atoms with Crippen molar-refractivity contribution < 1.29 is 52.1 Å². The van der Waals surface area contributed by atoms with Crippen molar-refractivity contribution in [3.63, 3.8) is 0 Å². The lowest BCUT2D eigenvalue weighted by molar-refractivity contribution is -0.233. The number of alkyl halides is 2. The Morgan fingerprint density at radius 3 is 2.52 bits per heavy atom. The third-order valence-corrected chi connectivity index (χ3v) is 12.5. The van der Waals surface area contributed by atoms with Gasteiger partial charge in [-0.1, -0.05) is 38.5 Å². The predicted molar refractivity (Wildman–Crippen MR) is 191 cm³/mol. The molecule has 294 valence electrons. The molecule has 4 amide bonds. The Labute approximate surface area is 312 Å². The number of fused-ring (bicyclic) bond motifs is 7. The Bertz CT molecular complexity index is 1720. The first-order valence-electron chi connectivity index (χ1n) is 18.7. The Kier molecular flexibility index (Phi) is 11.1. The number of anilines is 1. The number of nitrogens with one attached hydrogen (secondary N) is 3. The summed E-state index contributed by atoms with van der Waals surface area (Å²) in [5.41, 5.74) is -0.532. The van der Waals surface area contributed by atoms with Crippen LogP contribution in [0.4, 0.5) is 24.1 Å². The van der Waals surface area contributed by atoms with E-state index in [-0.39, 0.29) is 43.8 Å². The number of primary amides is 1. The second kappa shape index (κ2) is 15.1. The topological polar surface area (TPSA) is 195 Å². The summed E-state index contributed by atoms with van der Waals surface area (Å²) < 4.78 is 51.8. The molecule has 10 atom stereocenters. The van der Waals surface area contributed by atoms with Crippen LogP contribution in [0.15, 0.2) is 48.1 Å². The molecule has 0 aromatic heterocycles. The molecule has 1 saturated heterocycles. The van der Waals surface area contributed by atoms with Gasteiger partial charge in [-0.15, -0.1) is 0 Å². The van der Waals surface area contributed by atoms with Crippen LogP contribution in [0, 0.1) is 22.7 Å². The fourth-order valence-electron chi connectivity index (χ4n) is 9.90. The van der Waals surface area contributed by atoms with Gasteiger partial charge in [-0.25, -0.2) is 18.4 Å². The van der Waals surface area contributed by atoms with Crippen molar-refractivity contribution in [1.82, 2.24) is 10.6 Å². The first kappa shape index (κ1) is 39.5. The zero-order valence-corrected chi connectivity index (χ0v) is 30.8. The number of carbonyl (C=O) groups is 5. The van der Waals surface area contributed by atoms with Crippen LogP contribution in [-0.2, 0) is 35.2 Å². The number of aliphatic hydroxyl groups excluding tert-OH is 1. The van der Waals surface area contributed by atoms with E-state index < -0.39 is 88.8 Å². The first-order chi connectivity index (χ1) is 25.6. The quantitative estimate of drug-likeness (QED) is 0.181. The number of hydrogen-bond donors (Lipinski definition) is 5. The number of nitrogens with two attached hydrogens (primary N) is 1. The van der Waals surface area contributed by atoms with E-state index in [2.05, 4.69) is 16.0 Å². The Morgan fingerprint density at radius 1 is 1.07 bits per heavy atom. The SMILES string of the molecule is CCC[C@@H]1O[C@@H]2CC3C4C[C@H](F)C5=CC(=O)C=C[C@]5(C)[C@@]4(F)[C@@H](O)C[C@]3(C)[C@]2(C(=O)CNC(=O)OCc2ccc(NC(=O)CCCCNC(N)=O)cc2)O1. The number of rotatable bonds is 13. The second-order valence-electron chi connectivity index (χ2n) is 15.6. The molecular weight excluding hydrogens is 706 g/mol. The molecule has 13 nitrogen and oxygen atoms in total. The highest BCUT2D eigenvalue weighted by molar-refractivity contribution is 6.01. The maximum Gasteiger partial charge on any atom is 0.407 e. The lowest BCUT2D eigenvalue weighted by atomic mass is 9.44. The van der Waals surface area contributed by atoms with Gasteiger partial charge in [-0.05, 0) is 86.8 Å². The van der Waals surface area contributed by atoms with E-state index in [1.165, 1.54) is 19.1 Å². The van der Waals surface area contributed by atoms with Crippen molar-refractivity contribution in [1.29, 1.82) is 0 Å². The number of aliphatic hydroxyl groups is 1. The number of unbranched alkanes of at least 4 members (excludes halogenated alkanes) is 1. The van der Waals surface area contributed by atoms with E-state index in [4.69, 9.17) is 19.9 Å². The molecule has 54 heavy (non-hydrogen) atoms. The molecule has 1 heterocycles. The van der Waals surface area contributed by atoms with Gasteiger partial charge in [0.2, 0.25) is 5.91 Å². The van der Waals surface area contributed by atoms with Crippen molar-refractivity contribution in [2.24, 2.45) is 28.4 Å². The average Bonchev–Trinajstić information content (AvgIpc) is 3.60. The van der Waals surface area contributed by atoms with E-state index in [9.17, 15) is 29.1 Å². The highest BCUT2D eigenvalue weighted by atomic mass is 19.1. The van der Waals surface area contributed by atoms with Crippen LogP contribution >= 0.6 is 0 Å². The monoisotopic (exact) mass is 756 g/mol. The fourth-order valence-corrected chi connectivity index (χ4v) is 9.90. The van der Waals surface area contributed by atoms with Gasteiger partial charge < -0.3 is 41.0 Å². The number of urea groups is 1. The first-order valence-corrected chi connectivity index (χ1v) is 18.7. The number of hydrogen-bond acceptors (Lipinski definition) is 9. The number of Topliss-reactive ketones (excluding diaryl/α,β-unsaturated/α-hetero) is 1. The van der Waals surface area contributed by atoms with Crippen LogP contribution in [0.1, 0.15) is 77.7 Å². The summed E-state index contributed by atoms with van der Waals surface area (Å²) in [6.45, 7) is 5.00. The van der Waals surface area contributed by atoms with Gasteiger partial charge in [0.25, 0.3) is 0 Å². The highest BCUT2D eigenvalue weighted by Crippen LogP contribution is 2.72. The zero-order valence-electron chi connectivity index (χ0n) is 30.8. The minimum atomic E-state index is -2.33. The minimum Gasteiger partial charge on any atom is -0.445 e. The molecule has 6 N–H and O–H groups in total. The zero-order chi connectivity index (χ0) is 39.1. The summed E-state index contributed by atoms with van der Waals surface area (Å²) in [5.74, 6) is -2.80. The molecule has 6 rings (SSSR count). The van der Waals surface area contributed by atoms with Gasteiger partial charge >= 0.3 is 12.1 Å². The summed E-state index contributed by atoms with van der Waals surface area (Å²) in [6.07, 6.45) is 0.366. The molecule has 1 aromatic carbocycles. The third kappa shape index (κ3) is 6.72. The number of ketones is 2. The molecule has 4 fully saturated rings. The number of halogens is 2. The molecule has 2 unspecified atom stereocenters. The molecular formula is C39H50F2N4O9. The lowest BCUT2D eigenvalue weighted by Crippen LogP contribution is -2.71. The van der Waals surface area contributed by atoms with Crippen LogP contribution in [0.25, 0.3) is 0 Å². The Hall–Kier alpha value is -4.21. The smallest absolute Gasteiger partial charge is 0.407 e. The summed E-state index contributed by atoms with van der Waals surface area (Å²) in [7, 11) is 0. The summed E-state index contributed by atoms with van der Waals surface area (Å²) in [4.78, 5) is 62.4. The maximum absolute atomic E-state index is 17.7. The van der Waals surface area contributed by atoms with E-state index in [1.807, 2.05) is 6.92 Å². The van der Waals surface area contributed by atoms with Crippen LogP contribution in [0.3, 0.4) is 0 Å². The second-order valence-corrected chi connectivity index (χ2v) is 15.6. The van der Waals surface area contributed by atoms with Crippen LogP contribution in [0.2, 0.25) is 0 Å². The molecule has 5 aliphatic rings. The normalized spacial score (nSPS) is 36.2. The van der Waals surface area contributed by atoms with Gasteiger partial charge in [-0.2, -0.15) is 0 Å². The van der Waals surface area contributed by atoms with Crippen molar-refractivity contribution in [2.45, 2.75) is 115 Å². The van der Waals surface area contributed by atoms with Gasteiger partial charge in [0.05, 0.1) is 18.8 Å². The number of ether oxygens (including phenoxy) is 3. The maximum atomic E-state index is 17.7. The number of allylic oxidation sites excluding steroid dienone is 4. The molecule has 0 bridgehead atoms. The van der Waals surface area contributed by atoms with Gasteiger partial charge in [0.1, 0.15) is 12.8 Å².